The van der Waals surface area contributed by atoms with Gasteiger partial charge in [-0.25, -0.2) is 21.6 Å². The van der Waals surface area contributed by atoms with E-state index in [1.165, 1.54) is 60.7 Å². The first-order valence-electron chi connectivity index (χ1n) is 12.9. The van der Waals surface area contributed by atoms with Crippen molar-refractivity contribution in [1.29, 1.82) is 0 Å². The SMILES string of the molecule is CCCOc1cc(Oc2ccc(NS(=O)(=O)c3ccc(C)cc3)c(C(=O)O)c2)ccc1NS(=O)(=O)c1ccc(C)cc1. The van der Waals surface area contributed by atoms with Crippen LogP contribution in [0.1, 0.15) is 34.8 Å². The van der Waals surface area contributed by atoms with Gasteiger partial charge < -0.3 is 14.6 Å². The molecular formula is C30H30N2O8S2. The summed E-state index contributed by atoms with van der Waals surface area (Å²) >= 11 is 0. The minimum Gasteiger partial charge on any atom is -0.491 e. The molecule has 42 heavy (non-hydrogen) atoms. The summed E-state index contributed by atoms with van der Waals surface area (Å²) in [7, 11) is -7.94. The summed E-state index contributed by atoms with van der Waals surface area (Å²) in [4.78, 5) is 12.1. The van der Waals surface area contributed by atoms with E-state index in [1.807, 2.05) is 20.8 Å². The van der Waals surface area contributed by atoms with Gasteiger partial charge in [0.25, 0.3) is 20.0 Å². The average molecular weight is 611 g/mol. The average Bonchev–Trinajstić information content (AvgIpc) is 2.94. The van der Waals surface area contributed by atoms with Gasteiger partial charge in [0.15, 0.2) is 0 Å². The van der Waals surface area contributed by atoms with E-state index in [4.69, 9.17) is 9.47 Å². The van der Waals surface area contributed by atoms with Gasteiger partial charge in [-0.1, -0.05) is 42.3 Å². The van der Waals surface area contributed by atoms with Crippen LogP contribution in [-0.4, -0.2) is 34.5 Å². The molecule has 0 bridgehead atoms. The van der Waals surface area contributed by atoms with Crippen molar-refractivity contribution < 1.29 is 36.2 Å². The second-order valence-corrected chi connectivity index (χ2v) is 12.8. The largest absolute Gasteiger partial charge is 0.491 e. The molecule has 4 aromatic carbocycles. The number of ether oxygens (including phenoxy) is 2. The molecule has 0 aliphatic rings. The molecule has 0 unspecified atom stereocenters. The Balaban J connectivity index is 1.59. The number of sulfonamides is 2. The monoisotopic (exact) mass is 610 g/mol. The van der Waals surface area contributed by atoms with Crippen molar-refractivity contribution in [3.05, 3.63) is 102 Å². The standard InChI is InChI=1S/C30H30N2O8S2/c1-4-17-39-29-19-23(10-16-28(29)32-42(37,38)25-13-7-21(3)8-14-25)40-22-9-15-27(26(18-22)30(33)34)31-41(35,36)24-11-5-20(2)6-12-24/h5-16,18-19,31-32H,4,17H2,1-3H3,(H,33,34). The van der Waals surface area contributed by atoms with E-state index in [1.54, 1.807) is 24.3 Å². The molecule has 0 saturated heterocycles. The van der Waals surface area contributed by atoms with Crippen molar-refractivity contribution in [2.45, 2.75) is 37.0 Å². The number of hydrogen-bond acceptors (Lipinski definition) is 7. The van der Waals surface area contributed by atoms with E-state index in [0.717, 1.165) is 11.1 Å². The van der Waals surface area contributed by atoms with Crippen LogP contribution in [0.5, 0.6) is 17.2 Å². The van der Waals surface area contributed by atoms with Gasteiger partial charge in [-0.2, -0.15) is 0 Å². The quantitative estimate of drug-likeness (QED) is 0.172. The van der Waals surface area contributed by atoms with E-state index in [2.05, 4.69) is 9.44 Å². The van der Waals surface area contributed by atoms with E-state index < -0.39 is 26.0 Å². The fourth-order valence-electron chi connectivity index (χ4n) is 3.81. The number of benzene rings is 4. The Labute approximate surface area is 245 Å². The van der Waals surface area contributed by atoms with E-state index in [0.29, 0.717) is 13.0 Å². The summed E-state index contributed by atoms with van der Waals surface area (Å²) in [5.74, 6) is -0.801. The van der Waals surface area contributed by atoms with Crippen LogP contribution >= 0.6 is 0 Å². The lowest BCUT2D eigenvalue weighted by Gasteiger charge is -2.16. The van der Waals surface area contributed by atoms with Crippen LogP contribution in [0.4, 0.5) is 11.4 Å². The molecule has 0 spiro atoms. The maximum atomic E-state index is 13.0. The Hall–Kier alpha value is -4.55. The Morgan fingerprint density at radius 1 is 0.714 bits per heavy atom. The second-order valence-electron chi connectivity index (χ2n) is 9.46. The van der Waals surface area contributed by atoms with Gasteiger partial charge in [0.1, 0.15) is 17.2 Å². The molecule has 0 atom stereocenters. The minimum atomic E-state index is -4.04. The van der Waals surface area contributed by atoms with E-state index in [-0.39, 0.29) is 44.0 Å². The molecule has 0 amide bonds. The molecule has 0 aliphatic carbocycles. The molecular weight excluding hydrogens is 580 g/mol. The van der Waals surface area contributed by atoms with Gasteiger partial charge in [0, 0.05) is 6.07 Å². The van der Waals surface area contributed by atoms with Crippen molar-refractivity contribution in [3.8, 4) is 17.2 Å². The summed E-state index contributed by atoms with van der Waals surface area (Å²) in [5.41, 5.74) is 1.53. The lowest BCUT2D eigenvalue weighted by atomic mass is 10.1. The Bertz CT molecular complexity index is 1800. The molecule has 0 saturated carbocycles. The number of hydrogen-bond donors (Lipinski definition) is 3. The van der Waals surface area contributed by atoms with Crippen molar-refractivity contribution in [1.82, 2.24) is 0 Å². The lowest BCUT2D eigenvalue weighted by molar-refractivity contribution is 0.0697. The van der Waals surface area contributed by atoms with Crippen LogP contribution in [0, 0.1) is 13.8 Å². The number of carbonyl (C=O) groups is 1. The normalized spacial score (nSPS) is 11.5. The molecule has 0 fully saturated rings. The molecule has 12 heteroatoms. The Kier molecular flexibility index (Phi) is 9.08. The highest BCUT2D eigenvalue weighted by Gasteiger charge is 2.21. The highest BCUT2D eigenvalue weighted by Crippen LogP contribution is 2.35. The third-order valence-electron chi connectivity index (χ3n) is 6.02. The van der Waals surface area contributed by atoms with Gasteiger partial charge in [-0.05, 0) is 74.9 Å². The zero-order valence-electron chi connectivity index (χ0n) is 23.1. The highest BCUT2D eigenvalue weighted by atomic mass is 32.2. The van der Waals surface area contributed by atoms with Gasteiger partial charge >= 0.3 is 5.97 Å². The fourth-order valence-corrected chi connectivity index (χ4v) is 5.96. The molecule has 220 valence electrons. The number of nitrogens with one attached hydrogen (secondary N) is 2. The van der Waals surface area contributed by atoms with Crippen molar-refractivity contribution >= 4 is 37.4 Å². The van der Waals surface area contributed by atoms with Gasteiger partial charge in [0.2, 0.25) is 0 Å². The molecule has 4 aromatic rings. The van der Waals surface area contributed by atoms with Crippen LogP contribution < -0.4 is 18.9 Å². The fraction of sp³-hybridized carbons (Fsp3) is 0.167. The van der Waals surface area contributed by atoms with Crippen molar-refractivity contribution in [3.63, 3.8) is 0 Å². The van der Waals surface area contributed by atoms with Crippen LogP contribution in [0.3, 0.4) is 0 Å². The number of carboxylic acids is 1. The Morgan fingerprint density at radius 2 is 1.19 bits per heavy atom. The molecule has 0 radical (unpaired) electrons. The molecule has 10 nitrogen and oxygen atoms in total. The molecule has 0 aromatic heterocycles. The zero-order valence-corrected chi connectivity index (χ0v) is 24.8. The number of aryl methyl sites for hydroxylation is 2. The summed E-state index contributed by atoms with van der Waals surface area (Å²) < 4.78 is 68.0. The predicted octanol–water partition coefficient (Wildman–Crippen LogP) is 6.18. The summed E-state index contributed by atoms with van der Waals surface area (Å²) in [6.45, 7) is 5.89. The van der Waals surface area contributed by atoms with Crippen LogP contribution in [0.2, 0.25) is 0 Å². The molecule has 0 heterocycles. The smallest absolute Gasteiger partial charge is 0.337 e. The highest BCUT2D eigenvalue weighted by molar-refractivity contribution is 7.93. The van der Waals surface area contributed by atoms with Crippen molar-refractivity contribution in [2.75, 3.05) is 16.1 Å². The summed E-state index contributed by atoms with van der Waals surface area (Å²) in [6, 6.07) is 20.9. The third-order valence-corrected chi connectivity index (χ3v) is 8.79. The third kappa shape index (κ3) is 7.39. The number of aromatic carboxylic acids is 1. The first-order chi connectivity index (χ1) is 19.9. The van der Waals surface area contributed by atoms with Crippen LogP contribution in [0.15, 0.2) is 94.7 Å². The maximum Gasteiger partial charge on any atom is 0.337 e. The van der Waals surface area contributed by atoms with Crippen LogP contribution in [0.25, 0.3) is 0 Å². The van der Waals surface area contributed by atoms with Gasteiger partial charge in [-0.15, -0.1) is 0 Å². The van der Waals surface area contributed by atoms with Crippen molar-refractivity contribution in [2.24, 2.45) is 0 Å². The van der Waals surface area contributed by atoms with E-state index in [9.17, 15) is 26.7 Å². The molecule has 0 aliphatic heterocycles. The molecule has 3 N–H and O–H groups in total. The lowest BCUT2D eigenvalue weighted by Crippen LogP contribution is -2.15. The Morgan fingerprint density at radius 3 is 1.69 bits per heavy atom. The summed E-state index contributed by atoms with van der Waals surface area (Å²) in [6.07, 6.45) is 0.664. The predicted molar refractivity (Wildman–Crippen MR) is 160 cm³/mol. The summed E-state index contributed by atoms with van der Waals surface area (Å²) in [5, 5.41) is 9.78. The maximum absolute atomic E-state index is 13.0. The zero-order chi connectivity index (χ0) is 30.5. The van der Waals surface area contributed by atoms with Gasteiger partial charge in [-0.3, -0.25) is 9.44 Å². The van der Waals surface area contributed by atoms with Gasteiger partial charge in [0.05, 0.1) is 33.3 Å². The minimum absolute atomic E-state index is 0.0116. The first kappa shape index (κ1) is 30.4. The van der Waals surface area contributed by atoms with Crippen LogP contribution in [-0.2, 0) is 20.0 Å². The first-order valence-corrected chi connectivity index (χ1v) is 15.9. The molecule has 4 rings (SSSR count). The number of anilines is 2. The topological polar surface area (TPSA) is 148 Å². The number of carboxylic acid groups (broad SMARTS) is 1. The van der Waals surface area contributed by atoms with E-state index >= 15 is 0 Å². The number of rotatable bonds is 12. The second kappa shape index (κ2) is 12.5.